The predicted molar refractivity (Wildman–Crippen MR) is 103 cm³/mol. The van der Waals surface area contributed by atoms with Gasteiger partial charge in [-0.05, 0) is 24.6 Å². The zero-order valence-corrected chi connectivity index (χ0v) is 15.9. The SMILES string of the molecule is CN(CCCNC(=O)c1cc([N+](=O)[O-])cc(S(C)(=O)=O)c1)c1ccccc1. The fourth-order valence-corrected chi connectivity index (χ4v) is 3.14. The van der Waals surface area contributed by atoms with E-state index < -0.39 is 26.4 Å². The van der Waals surface area contributed by atoms with Gasteiger partial charge in [0.1, 0.15) is 0 Å². The smallest absolute Gasteiger partial charge is 0.271 e. The summed E-state index contributed by atoms with van der Waals surface area (Å²) in [7, 11) is -1.73. The number of non-ortho nitro benzene ring substituents is 1. The van der Waals surface area contributed by atoms with E-state index in [-0.39, 0.29) is 10.5 Å². The molecule has 2 aromatic carbocycles. The highest BCUT2D eigenvalue weighted by Gasteiger charge is 2.19. The number of nitro groups is 1. The molecule has 0 spiro atoms. The van der Waals surface area contributed by atoms with Gasteiger partial charge in [-0.25, -0.2) is 8.42 Å². The second-order valence-electron chi connectivity index (χ2n) is 6.11. The molecule has 0 fully saturated rings. The second-order valence-corrected chi connectivity index (χ2v) is 8.13. The highest BCUT2D eigenvalue weighted by molar-refractivity contribution is 7.90. The maximum atomic E-state index is 12.3. The number of rotatable bonds is 8. The van der Waals surface area contributed by atoms with E-state index in [0.29, 0.717) is 19.5 Å². The van der Waals surface area contributed by atoms with E-state index >= 15 is 0 Å². The molecule has 0 bridgehead atoms. The Labute approximate surface area is 157 Å². The van der Waals surface area contributed by atoms with Crippen molar-refractivity contribution in [1.82, 2.24) is 5.32 Å². The van der Waals surface area contributed by atoms with E-state index in [0.717, 1.165) is 30.1 Å². The minimum Gasteiger partial charge on any atom is -0.375 e. The van der Waals surface area contributed by atoms with Gasteiger partial charge < -0.3 is 10.2 Å². The first-order valence-electron chi connectivity index (χ1n) is 8.22. The second kappa shape index (κ2) is 8.63. The van der Waals surface area contributed by atoms with Crippen LogP contribution in [-0.2, 0) is 9.84 Å². The summed E-state index contributed by atoms with van der Waals surface area (Å²) in [6, 6.07) is 12.9. The Bertz CT molecular complexity index is 929. The standard InChI is InChI=1S/C18H21N3O5S/c1-20(15-7-4-3-5-8-15)10-6-9-19-18(22)14-11-16(21(23)24)13-17(12-14)27(2,25)26/h3-5,7-8,11-13H,6,9-10H2,1-2H3,(H,19,22). The lowest BCUT2D eigenvalue weighted by Gasteiger charge is -2.19. The Morgan fingerprint density at radius 1 is 1.19 bits per heavy atom. The van der Waals surface area contributed by atoms with Crippen LogP contribution in [0.25, 0.3) is 0 Å². The van der Waals surface area contributed by atoms with Crippen LogP contribution in [0.3, 0.4) is 0 Å². The molecular weight excluding hydrogens is 370 g/mol. The van der Waals surface area contributed by atoms with Crippen LogP contribution >= 0.6 is 0 Å². The monoisotopic (exact) mass is 391 g/mol. The molecule has 0 saturated carbocycles. The van der Waals surface area contributed by atoms with Crippen LogP contribution in [-0.4, -0.2) is 45.6 Å². The molecule has 0 aromatic heterocycles. The molecule has 27 heavy (non-hydrogen) atoms. The zero-order chi connectivity index (χ0) is 20.0. The molecule has 0 unspecified atom stereocenters. The number of nitrogens with zero attached hydrogens (tertiary/aromatic N) is 2. The van der Waals surface area contributed by atoms with Crippen LogP contribution in [0.15, 0.2) is 53.4 Å². The van der Waals surface area contributed by atoms with Crippen molar-refractivity contribution in [2.45, 2.75) is 11.3 Å². The van der Waals surface area contributed by atoms with Crippen molar-refractivity contribution in [3.63, 3.8) is 0 Å². The predicted octanol–water partition coefficient (Wildman–Crippen LogP) is 2.25. The maximum Gasteiger partial charge on any atom is 0.271 e. The first-order chi connectivity index (χ1) is 12.7. The van der Waals surface area contributed by atoms with Crippen LogP contribution in [0.2, 0.25) is 0 Å². The van der Waals surface area contributed by atoms with Gasteiger partial charge in [0.05, 0.1) is 9.82 Å². The van der Waals surface area contributed by atoms with Gasteiger partial charge in [0.2, 0.25) is 0 Å². The molecule has 0 aliphatic heterocycles. The molecule has 0 aliphatic rings. The van der Waals surface area contributed by atoms with Gasteiger partial charge in [-0.2, -0.15) is 0 Å². The average molecular weight is 391 g/mol. The fraction of sp³-hybridized carbons (Fsp3) is 0.278. The van der Waals surface area contributed by atoms with E-state index in [2.05, 4.69) is 5.32 Å². The number of nitro benzene ring substituents is 1. The molecule has 8 nitrogen and oxygen atoms in total. The summed E-state index contributed by atoms with van der Waals surface area (Å²) in [5.74, 6) is -0.550. The van der Waals surface area contributed by atoms with Crippen LogP contribution in [0.1, 0.15) is 16.8 Å². The molecule has 0 saturated heterocycles. The van der Waals surface area contributed by atoms with Gasteiger partial charge >= 0.3 is 0 Å². The third-order valence-electron chi connectivity index (χ3n) is 3.95. The number of amides is 1. The number of hydrogen-bond acceptors (Lipinski definition) is 6. The van der Waals surface area contributed by atoms with Crippen molar-refractivity contribution >= 4 is 27.1 Å². The van der Waals surface area contributed by atoms with E-state index in [9.17, 15) is 23.3 Å². The first-order valence-corrected chi connectivity index (χ1v) is 10.1. The van der Waals surface area contributed by atoms with Crippen molar-refractivity contribution in [1.29, 1.82) is 0 Å². The van der Waals surface area contributed by atoms with Gasteiger partial charge in [-0.15, -0.1) is 0 Å². The van der Waals surface area contributed by atoms with Gasteiger partial charge in [-0.3, -0.25) is 14.9 Å². The lowest BCUT2D eigenvalue weighted by Crippen LogP contribution is -2.28. The minimum absolute atomic E-state index is 0.0546. The molecule has 144 valence electrons. The summed E-state index contributed by atoms with van der Waals surface area (Å²) < 4.78 is 23.4. The number of carbonyl (C=O) groups is 1. The molecule has 9 heteroatoms. The Hall–Kier alpha value is -2.94. The minimum atomic E-state index is -3.67. The number of hydrogen-bond donors (Lipinski definition) is 1. The van der Waals surface area contributed by atoms with Crippen LogP contribution < -0.4 is 10.2 Å². The average Bonchev–Trinajstić information content (AvgIpc) is 2.64. The van der Waals surface area contributed by atoms with Crippen LogP contribution in [0.4, 0.5) is 11.4 Å². The van der Waals surface area contributed by atoms with Crippen molar-refractivity contribution in [2.75, 3.05) is 31.3 Å². The van der Waals surface area contributed by atoms with Crippen molar-refractivity contribution in [3.8, 4) is 0 Å². The molecule has 0 radical (unpaired) electrons. The molecular formula is C18H21N3O5S. The number of anilines is 1. The molecule has 1 N–H and O–H groups in total. The summed E-state index contributed by atoms with van der Waals surface area (Å²) in [5, 5.41) is 13.7. The first kappa shape index (κ1) is 20.4. The highest BCUT2D eigenvalue weighted by atomic mass is 32.2. The topological polar surface area (TPSA) is 110 Å². The normalized spacial score (nSPS) is 11.0. The molecule has 0 aliphatic carbocycles. The molecule has 0 atom stereocenters. The number of nitrogens with one attached hydrogen (secondary N) is 1. The molecule has 2 rings (SSSR count). The highest BCUT2D eigenvalue weighted by Crippen LogP contribution is 2.21. The third kappa shape index (κ3) is 5.78. The quantitative estimate of drug-likeness (QED) is 0.420. The molecule has 0 heterocycles. The van der Waals surface area contributed by atoms with E-state index in [1.807, 2.05) is 42.3 Å². The Kier molecular flexibility index (Phi) is 6.51. The van der Waals surface area contributed by atoms with E-state index in [1.165, 1.54) is 0 Å². The summed E-state index contributed by atoms with van der Waals surface area (Å²) in [6.45, 7) is 1.06. The lowest BCUT2D eigenvalue weighted by atomic mass is 10.2. The van der Waals surface area contributed by atoms with Gasteiger partial charge in [0, 0.05) is 49.8 Å². The number of carbonyl (C=O) groups excluding carboxylic acids is 1. The number of benzene rings is 2. The van der Waals surface area contributed by atoms with Crippen molar-refractivity contribution in [2.24, 2.45) is 0 Å². The van der Waals surface area contributed by atoms with Crippen molar-refractivity contribution < 1.29 is 18.1 Å². The summed E-state index contributed by atoms with van der Waals surface area (Å²) in [4.78, 5) is 24.3. The van der Waals surface area contributed by atoms with Gasteiger partial charge in [0.15, 0.2) is 9.84 Å². The van der Waals surface area contributed by atoms with Crippen LogP contribution in [0.5, 0.6) is 0 Å². The molecule has 1 amide bonds. The van der Waals surface area contributed by atoms with Gasteiger partial charge in [0.25, 0.3) is 11.6 Å². The summed E-state index contributed by atoms with van der Waals surface area (Å²) >= 11 is 0. The maximum absolute atomic E-state index is 12.3. The Balaban J connectivity index is 1.99. The number of para-hydroxylation sites is 1. The zero-order valence-electron chi connectivity index (χ0n) is 15.1. The largest absolute Gasteiger partial charge is 0.375 e. The van der Waals surface area contributed by atoms with Crippen LogP contribution in [0, 0.1) is 10.1 Å². The van der Waals surface area contributed by atoms with E-state index in [1.54, 1.807) is 0 Å². The third-order valence-corrected chi connectivity index (χ3v) is 5.04. The summed E-state index contributed by atoms with van der Waals surface area (Å²) in [5.41, 5.74) is 0.563. The van der Waals surface area contributed by atoms with Gasteiger partial charge in [-0.1, -0.05) is 18.2 Å². The fourth-order valence-electron chi connectivity index (χ4n) is 2.47. The Morgan fingerprint density at radius 3 is 2.44 bits per heavy atom. The number of sulfone groups is 1. The van der Waals surface area contributed by atoms with E-state index in [4.69, 9.17) is 0 Å². The lowest BCUT2D eigenvalue weighted by molar-refractivity contribution is -0.385. The van der Waals surface area contributed by atoms with Crippen molar-refractivity contribution in [3.05, 3.63) is 64.2 Å². The summed E-state index contributed by atoms with van der Waals surface area (Å²) in [6.07, 6.45) is 1.60. The molecule has 2 aromatic rings. The Morgan fingerprint density at radius 2 is 1.85 bits per heavy atom.